The van der Waals surface area contributed by atoms with E-state index in [4.69, 9.17) is 11.1 Å². The van der Waals surface area contributed by atoms with Crippen LogP contribution in [0.5, 0.6) is 0 Å². The predicted molar refractivity (Wildman–Crippen MR) is 61.4 cm³/mol. The highest BCUT2D eigenvalue weighted by Gasteiger charge is 2.16. The fraction of sp³-hybridized carbons (Fsp3) is 0.273. The van der Waals surface area contributed by atoms with Gasteiger partial charge in [-0.3, -0.25) is 10.2 Å². The second-order valence-corrected chi connectivity index (χ2v) is 3.45. The fourth-order valence-corrected chi connectivity index (χ4v) is 1.29. The molecule has 16 heavy (non-hydrogen) atoms. The lowest BCUT2D eigenvalue weighted by atomic mass is 10.2. The lowest BCUT2D eigenvalue weighted by molar-refractivity contribution is -0.122. The zero-order valence-electron chi connectivity index (χ0n) is 9.27. The van der Waals surface area contributed by atoms with Gasteiger partial charge in [-0.25, -0.2) is 5.84 Å². The summed E-state index contributed by atoms with van der Waals surface area (Å²) >= 11 is 0. The van der Waals surface area contributed by atoms with Gasteiger partial charge in [0, 0.05) is 12.7 Å². The van der Waals surface area contributed by atoms with Gasteiger partial charge in [-0.15, -0.1) is 0 Å². The molecule has 1 aromatic carbocycles. The number of nitrogens with two attached hydrogens (primary N) is 1. The maximum Gasteiger partial charge on any atom is 0.256 e. The van der Waals surface area contributed by atoms with Crippen LogP contribution in [0.2, 0.25) is 0 Å². The number of carbonyl (C=O) groups excluding carboxylic acids is 1. The van der Waals surface area contributed by atoms with Crippen molar-refractivity contribution in [3.63, 3.8) is 0 Å². The van der Waals surface area contributed by atoms with Gasteiger partial charge in [-0.2, -0.15) is 5.26 Å². The Kier molecular flexibility index (Phi) is 3.86. The third-order valence-electron chi connectivity index (χ3n) is 2.51. The lowest BCUT2D eigenvalue weighted by Crippen LogP contribution is -2.46. The molecule has 0 saturated carbocycles. The van der Waals surface area contributed by atoms with Crippen molar-refractivity contribution in [3.8, 4) is 6.07 Å². The summed E-state index contributed by atoms with van der Waals surface area (Å²) in [4.78, 5) is 13.1. The lowest BCUT2D eigenvalue weighted by Gasteiger charge is -2.25. The average Bonchev–Trinajstić information content (AvgIpc) is 2.36. The molecule has 0 aliphatic carbocycles. The van der Waals surface area contributed by atoms with E-state index in [1.807, 2.05) is 6.07 Å². The summed E-state index contributed by atoms with van der Waals surface area (Å²) < 4.78 is 0. The molecule has 0 aromatic heterocycles. The zero-order valence-corrected chi connectivity index (χ0v) is 9.27. The van der Waals surface area contributed by atoms with Gasteiger partial charge in [0.05, 0.1) is 11.6 Å². The fourth-order valence-electron chi connectivity index (χ4n) is 1.29. The minimum Gasteiger partial charge on any atom is -0.363 e. The standard InChI is InChI=1S/C11H14N4O/c1-8(11(16)14-13)15(2)10-5-3-9(7-12)4-6-10/h3-6,8H,13H2,1-2H3,(H,14,16). The maximum atomic E-state index is 11.3. The molecular weight excluding hydrogens is 204 g/mol. The van der Waals surface area contributed by atoms with Crippen LogP contribution in [0.15, 0.2) is 24.3 Å². The summed E-state index contributed by atoms with van der Waals surface area (Å²) in [5, 5.41) is 8.66. The summed E-state index contributed by atoms with van der Waals surface area (Å²) in [5.74, 6) is 4.81. The van der Waals surface area contributed by atoms with Crippen molar-refractivity contribution in [2.75, 3.05) is 11.9 Å². The Labute approximate surface area is 94.4 Å². The zero-order chi connectivity index (χ0) is 12.1. The number of nitrogens with zero attached hydrogens (tertiary/aromatic N) is 2. The summed E-state index contributed by atoms with van der Waals surface area (Å²) in [6, 6.07) is 8.67. The molecule has 0 aliphatic rings. The molecule has 0 radical (unpaired) electrons. The Morgan fingerprint density at radius 3 is 2.50 bits per heavy atom. The van der Waals surface area contributed by atoms with Gasteiger partial charge >= 0.3 is 0 Å². The molecule has 0 saturated heterocycles. The van der Waals surface area contributed by atoms with Crippen LogP contribution in [-0.4, -0.2) is 19.0 Å². The van der Waals surface area contributed by atoms with Crippen LogP contribution in [0, 0.1) is 11.3 Å². The van der Waals surface area contributed by atoms with E-state index >= 15 is 0 Å². The SMILES string of the molecule is CC(C(=O)NN)N(C)c1ccc(C#N)cc1. The quantitative estimate of drug-likeness (QED) is 0.436. The van der Waals surface area contributed by atoms with Gasteiger partial charge in [-0.05, 0) is 31.2 Å². The number of hydrogen-bond donors (Lipinski definition) is 2. The van der Waals surface area contributed by atoms with E-state index in [-0.39, 0.29) is 11.9 Å². The molecule has 0 aliphatic heterocycles. The van der Waals surface area contributed by atoms with Gasteiger partial charge < -0.3 is 4.90 Å². The molecule has 5 heteroatoms. The monoisotopic (exact) mass is 218 g/mol. The Hall–Kier alpha value is -2.06. The Morgan fingerprint density at radius 2 is 2.06 bits per heavy atom. The first-order valence-corrected chi connectivity index (χ1v) is 4.83. The Balaban J connectivity index is 2.84. The Morgan fingerprint density at radius 1 is 1.50 bits per heavy atom. The van der Waals surface area contributed by atoms with Gasteiger partial charge in [0.15, 0.2) is 0 Å². The minimum absolute atomic E-state index is 0.258. The molecule has 0 fully saturated rings. The third kappa shape index (κ3) is 2.49. The van der Waals surface area contributed by atoms with Crippen LogP contribution in [0.3, 0.4) is 0 Å². The van der Waals surface area contributed by atoms with Gasteiger partial charge in [0.25, 0.3) is 5.91 Å². The smallest absolute Gasteiger partial charge is 0.256 e. The average molecular weight is 218 g/mol. The summed E-state index contributed by atoms with van der Waals surface area (Å²) in [6.45, 7) is 1.75. The highest BCUT2D eigenvalue weighted by molar-refractivity contribution is 5.84. The number of likely N-dealkylation sites (N-methyl/N-ethyl adjacent to an activating group) is 1. The highest BCUT2D eigenvalue weighted by atomic mass is 16.2. The van der Waals surface area contributed by atoms with E-state index in [1.54, 1.807) is 43.1 Å². The van der Waals surface area contributed by atoms with Crippen molar-refractivity contribution in [2.24, 2.45) is 5.84 Å². The molecule has 5 nitrogen and oxygen atoms in total. The van der Waals surface area contributed by atoms with Crippen molar-refractivity contribution < 1.29 is 4.79 Å². The van der Waals surface area contributed by atoms with E-state index in [9.17, 15) is 4.79 Å². The molecule has 0 spiro atoms. The van der Waals surface area contributed by atoms with E-state index in [0.717, 1.165) is 5.69 Å². The molecule has 84 valence electrons. The number of hydrazine groups is 1. The molecule has 0 bridgehead atoms. The Bertz CT molecular complexity index is 407. The number of nitrogens with one attached hydrogen (secondary N) is 1. The first-order valence-electron chi connectivity index (χ1n) is 4.83. The number of nitriles is 1. The first-order chi connectivity index (χ1) is 7.60. The van der Waals surface area contributed by atoms with Gasteiger partial charge in [0.2, 0.25) is 0 Å². The molecule has 1 amide bonds. The van der Waals surface area contributed by atoms with Crippen molar-refractivity contribution in [1.29, 1.82) is 5.26 Å². The number of carbonyl (C=O) groups is 1. The second kappa shape index (κ2) is 5.14. The number of benzene rings is 1. The van der Waals surface area contributed by atoms with Crippen LogP contribution in [0.1, 0.15) is 12.5 Å². The van der Waals surface area contributed by atoms with E-state index in [0.29, 0.717) is 5.56 Å². The second-order valence-electron chi connectivity index (χ2n) is 3.45. The predicted octanol–water partition coefficient (Wildman–Crippen LogP) is 0.373. The third-order valence-corrected chi connectivity index (χ3v) is 2.51. The maximum absolute atomic E-state index is 11.3. The molecule has 0 heterocycles. The van der Waals surface area contributed by atoms with Crippen LogP contribution in [-0.2, 0) is 4.79 Å². The van der Waals surface area contributed by atoms with Crippen molar-refractivity contribution in [3.05, 3.63) is 29.8 Å². The van der Waals surface area contributed by atoms with Crippen molar-refractivity contribution >= 4 is 11.6 Å². The van der Waals surface area contributed by atoms with E-state index in [1.165, 1.54) is 0 Å². The highest BCUT2D eigenvalue weighted by Crippen LogP contribution is 2.15. The van der Waals surface area contributed by atoms with E-state index < -0.39 is 0 Å². The number of hydrogen-bond acceptors (Lipinski definition) is 4. The molecular formula is C11H14N4O. The summed E-state index contributed by atoms with van der Waals surface area (Å²) in [5.41, 5.74) is 3.55. The van der Waals surface area contributed by atoms with Crippen LogP contribution in [0.4, 0.5) is 5.69 Å². The topological polar surface area (TPSA) is 82.2 Å². The molecule has 1 aromatic rings. The summed E-state index contributed by atoms with van der Waals surface area (Å²) in [7, 11) is 1.79. The first kappa shape index (κ1) is 12.0. The number of rotatable bonds is 3. The van der Waals surface area contributed by atoms with Crippen molar-refractivity contribution in [2.45, 2.75) is 13.0 Å². The molecule has 3 N–H and O–H groups in total. The molecule has 1 atom stereocenters. The van der Waals surface area contributed by atoms with Gasteiger partial charge in [-0.1, -0.05) is 0 Å². The van der Waals surface area contributed by atoms with Crippen molar-refractivity contribution in [1.82, 2.24) is 5.43 Å². The summed E-state index contributed by atoms with van der Waals surface area (Å²) in [6.07, 6.45) is 0. The van der Waals surface area contributed by atoms with Crippen LogP contribution in [0.25, 0.3) is 0 Å². The van der Waals surface area contributed by atoms with E-state index in [2.05, 4.69) is 5.43 Å². The molecule has 1 rings (SSSR count). The largest absolute Gasteiger partial charge is 0.363 e. The number of amides is 1. The number of anilines is 1. The van der Waals surface area contributed by atoms with Gasteiger partial charge in [0.1, 0.15) is 6.04 Å². The normalized spacial score (nSPS) is 11.4. The van der Waals surface area contributed by atoms with Crippen LogP contribution >= 0.6 is 0 Å². The minimum atomic E-state index is -0.363. The molecule has 1 unspecified atom stereocenters. The van der Waals surface area contributed by atoms with Crippen LogP contribution < -0.4 is 16.2 Å².